The van der Waals surface area contributed by atoms with Gasteiger partial charge in [-0.2, -0.15) is 0 Å². The third-order valence-electron chi connectivity index (χ3n) is 13.0. The normalized spacial score (nSPS) is 13.2. The fraction of sp³-hybridized carbons (Fsp3) is 0.123. The number of para-hydroxylation sites is 2. The lowest BCUT2D eigenvalue weighted by Crippen LogP contribution is -2.24. The van der Waals surface area contributed by atoms with Gasteiger partial charge in [-0.1, -0.05) is 130 Å². The maximum absolute atomic E-state index is 4.49. The zero-order valence-electron chi connectivity index (χ0n) is 34.8. The van der Waals surface area contributed by atoms with E-state index in [9.17, 15) is 0 Å². The molecule has 61 heavy (non-hydrogen) atoms. The number of aryl methyl sites for hydroxylation is 2. The number of hydrogen-bond donors (Lipinski definition) is 0. The van der Waals surface area contributed by atoms with Crippen LogP contribution in [0.2, 0.25) is 0 Å². The second-order valence-electron chi connectivity index (χ2n) is 17.0. The third kappa shape index (κ3) is 6.04. The van der Waals surface area contributed by atoms with Gasteiger partial charge in [0, 0.05) is 63.4 Å². The van der Waals surface area contributed by atoms with Crippen LogP contribution in [-0.2, 0) is 18.3 Å². The molecule has 0 spiro atoms. The molecule has 2 heterocycles. The summed E-state index contributed by atoms with van der Waals surface area (Å²) in [5.41, 5.74) is 15.6. The monoisotopic (exact) mass is 786 g/mol. The lowest BCUT2D eigenvalue weighted by Gasteiger charge is -2.37. The van der Waals surface area contributed by atoms with Gasteiger partial charge in [0.25, 0.3) is 0 Å². The summed E-state index contributed by atoms with van der Waals surface area (Å²) in [7, 11) is 0. The van der Waals surface area contributed by atoms with Crippen molar-refractivity contribution in [3.8, 4) is 22.3 Å². The van der Waals surface area contributed by atoms with Crippen LogP contribution in [-0.4, -0.2) is 9.97 Å². The molecular formula is C57H46N4. The highest BCUT2D eigenvalue weighted by atomic mass is 15.2. The van der Waals surface area contributed by atoms with Gasteiger partial charge in [-0.3, -0.25) is 9.97 Å². The largest absolute Gasteiger partial charge is 0.309 e. The van der Waals surface area contributed by atoms with E-state index in [-0.39, 0.29) is 5.41 Å². The van der Waals surface area contributed by atoms with Gasteiger partial charge in [-0.15, -0.1) is 0 Å². The average molecular weight is 787 g/mol. The summed E-state index contributed by atoms with van der Waals surface area (Å²) in [6.07, 6.45) is 10.6. The molecule has 8 aromatic carbocycles. The Bertz CT molecular complexity index is 3200. The zero-order valence-corrected chi connectivity index (χ0v) is 34.8. The Balaban J connectivity index is 1.28. The SMILES string of the molecule is CCc1cc(N(c2ccncc2)c2ccccc2-c2ccccc2)c2cc3c4c(cc(N(c5ccncc5)c5ccccc5-c5ccccc5)c5ccc1c2c54)CCC3(C)C. The summed E-state index contributed by atoms with van der Waals surface area (Å²) < 4.78 is 0. The molecule has 0 aliphatic heterocycles. The molecule has 0 atom stereocenters. The Morgan fingerprint density at radius 1 is 0.475 bits per heavy atom. The highest BCUT2D eigenvalue weighted by Gasteiger charge is 2.34. The number of rotatable bonds is 9. The van der Waals surface area contributed by atoms with Crippen molar-refractivity contribution in [2.24, 2.45) is 0 Å². The van der Waals surface area contributed by atoms with Crippen molar-refractivity contribution < 1.29 is 0 Å². The molecule has 0 amide bonds. The molecule has 0 radical (unpaired) electrons. The fourth-order valence-corrected chi connectivity index (χ4v) is 10.1. The van der Waals surface area contributed by atoms with Gasteiger partial charge in [-0.25, -0.2) is 0 Å². The molecular weight excluding hydrogens is 741 g/mol. The number of nitrogens with zero attached hydrogens (tertiary/aromatic N) is 4. The van der Waals surface area contributed by atoms with E-state index >= 15 is 0 Å². The minimum Gasteiger partial charge on any atom is -0.309 e. The van der Waals surface area contributed by atoms with E-state index in [0.717, 1.165) is 42.0 Å². The number of anilines is 6. The predicted molar refractivity (Wildman–Crippen MR) is 257 cm³/mol. The maximum atomic E-state index is 4.49. The molecule has 10 aromatic rings. The molecule has 11 rings (SSSR count). The zero-order chi connectivity index (χ0) is 41.1. The summed E-state index contributed by atoms with van der Waals surface area (Å²) in [6.45, 7) is 7.18. The first-order valence-electron chi connectivity index (χ1n) is 21.5. The van der Waals surface area contributed by atoms with Crippen LogP contribution in [0.25, 0.3) is 54.6 Å². The van der Waals surface area contributed by atoms with Crippen LogP contribution in [0.1, 0.15) is 43.9 Å². The van der Waals surface area contributed by atoms with Crippen LogP contribution in [0.4, 0.5) is 34.1 Å². The molecule has 0 N–H and O–H groups in total. The molecule has 294 valence electrons. The predicted octanol–water partition coefficient (Wildman–Crippen LogP) is 15.4. The first-order valence-corrected chi connectivity index (χ1v) is 21.5. The van der Waals surface area contributed by atoms with Crippen molar-refractivity contribution >= 4 is 66.4 Å². The van der Waals surface area contributed by atoms with E-state index in [0.29, 0.717) is 0 Å². The fourth-order valence-electron chi connectivity index (χ4n) is 10.1. The topological polar surface area (TPSA) is 32.3 Å². The maximum Gasteiger partial charge on any atom is 0.0543 e. The highest BCUT2D eigenvalue weighted by molar-refractivity contribution is 6.30. The van der Waals surface area contributed by atoms with Gasteiger partial charge >= 0.3 is 0 Å². The van der Waals surface area contributed by atoms with E-state index in [2.05, 4.69) is 204 Å². The molecule has 0 saturated carbocycles. The first kappa shape index (κ1) is 36.8. The molecule has 4 nitrogen and oxygen atoms in total. The van der Waals surface area contributed by atoms with Crippen molar-refractivity contribution in [3.63, 3.8) is 0 Å². The summed E-state index contributed by atoms with van der Waals surface area (Å²) in [4.78, 5) is 13.9. The van der Waals surface area contributed by atoms with Gasteiger partial charge in [0.15, 0.2) is 0 Å². The molecule has 0 saturated heterocycles. The summed E-state index contributed by atoms with van der Waals surface area (Å²) in [6, 6.07) is 60.1. The lowest BCUT2D eigenvalue weighted by molar-refractivity contribution is 0.475. The van der Waals surface area contributed by atoms with Gasteiger partial charge in [0.05, 0.1) is 22.7 Å². The van der Waals surface area contributed by atoms with Gasteiger partial charge in [-0.05, 0) is 123 Å². The van der Waals surface area contributed by atoms with Crippen molar-refractivity contribution in [1.82, 2.24) is 9.97 Å². The number of hydrogen-bond acceptors (Lipinski definition) is 4. The third-order valence-corrected chi connectivity index (χ3v) is 13.0. The second-order valence-corrected chi connectivity index (χ2v) is 17.0. The molecule has 4 heteroatoms. The van der Waals surface area contributed by atoms with Crippen LogP contribution in [0, 0.1) is 0 Å². The Hall–Kier alpha value is -7.30. The molecule has 0 bridgehead atoms. The van der Waals surface area contributed by atoms with E-state index in [1.165, 1.54) is 82.6 Å². The van der Waals surface area contributed by atoms with E-state index < -0.39 is 0 Å². The van der Waals surface area contributed by atoms with Crippen molar-refractivity contribution in [2.75, 3.05) is 9.80 Å². The minimum absolute atomic E-state index is 0.0316. The van der Waals surface area contributed by atoms with Crippen LogP contribution < -0.4 is 9.80 Å². The standard InChI is InChI=1S/C57H46N4/c1-4-38-35-53(61(43-28-33-59-34-29-43)51-22-14-12-20-45(51)40-17-9-6-10-18-40)48-37-49-54-41(25-30-57(49,2)3)36-52(47-24-23-46(38)55(48)56(47)54)60(42-26-31-58-32-27-42)50-21-13-11-19-44(50)39-15-7-5-8-16-39/h5-24,26-29,31-37H,4,25,30H2,1-3H3. The van der Waals surface area contributed by atoms with Crippen molar-refractivity contribution in [3.05, 3.63) is 205 Å². The Labute approximate surface area is 357 Å². The molecule has 1 aliphatic carbocycles. The molecule has 1 aliphatic rings. The number of aromatic nitrogens is 2. The summed E-state index contributed by atoms with van der Waals surface area (Å²) in [5, 5.41) is 7.92. The Morgan fingerprint density at radius 3 is 1.54 bits per heavy atom. The van der Waals surface area contributed by atoms with Crippen LogP contribution in [0.15, 0.2) is 189 Å². The number of pyridine rings is 2. The van der Waals surface area contributed by atoms with E-state index in [4.69, 9.17) is 0 Å². The molecule has 2 aromatic heterocycles. The van der Waals surface area contributed by atoms with Crippen LogP contribution in [0.5, 0.6) is 0 Å². The summed E-state index contributed by atoms with van der Waals surface area (Å²) in [5.74, 6) is 0. The first-order chi connectivity index (χ1) is 30.0. The second kappa shape index (κ2) is 14.8. The number of benzene rings is 8. The molecule has 0 unspecified atom stereocenters. The van der Waals surface area contributed by atoms with E-state index in [1.807, 2.05) is 24.8 Å². The average Bonchev–Trinajstić information content (AvgIpc) is 3.32. The highest BCUT2D eigenvalue weighted by Crippen LogP contribution is 2.55. The van der Waals surface area contributed by atoms with Crippen LogP contribution >= 0.6 is 0 Å². The van der Waals surface area contributed by atoms with Crippen molar-refractivity contribution in [2.45, 2.75) is 45.4 Å². The Morgan fingerprint density at radius 2 is 0.984 bits per heavy atom. The Kier molecular flexibility index (Phi) is 8.89. The van der Waals surface area contributed by atoms with Gasteiger partial charge in [0.2, 0.25) is 0 Å². The van der Waals surface area contributed by atoms with E-state index in [1.54, 1.807) is 0 Å². The smallest absolute Gasteiger partial charge is 0.0543 e. The van der Waals surface area contributed by atoms with Gasteiger partial charge in [0.1, 0.15) is 0 Å². The lowest BCUT2D eigenvalue weighted by atomic mass is 9.70. The quantitative estimate of drug-likeness (QED) is 0.136. The minimum atomic E-state index is -0.0316. The van der Waals surface area contributed by atoms with Gasteiger partial charge < -0.3 is 9.80 Å². The molecule has 0 fully saturated rings. The van der Waals surface area contributed by atoms with Crippen molar-refractivity contribution in [1.29, 1.82) is 0 Å². The van der Waals surface area contributed by atoms with Crippen LogP contribution in [0.3, 0.4) is 0 Å². The summed E-state index contributed by atoms with van der Waals surface area (Å²) >= 11 is 0.